The van der Waals surface area contributed by atoms with Crippen molar-refractivity contribution in [1.82, 2.24) is 9.80 Å². The van der Waals surface area contributed by atoms with E-state index in [2.05, 4.69) is 22.3 Å². The SMILES string of the molecule is O=C(CN1CCN(C(=O)CCCc2ccccc2)CC1)Nc1cc2c(cc1Cl)OCCO2. The summed E-state index contributed by atoms with van der Waals surface area (Å²) in [7, 11) is 0. The molecule has 0 aromatic heterocycles. The number of carbonyl (C=O) groups excluding carboxylic acids is 2. The molecule has 2 amide bonds. The second kappa shape index (κ2) is 10.7. The molecule has 4 rings (SSSR count). The zero-order valence-electron chi connectivity index (χ0n) is 18.0. The van der Waals surface area contributed by atoms with E-state index in [4.69, 9.17) is 21.1 Å². The zero-order valence-corrected chi connectivity index (χ0v) is 18.8. The lowest BCUT2D eigenvalue weighted by Crippen LogP contribution is -2.50. The van der Waals surface area contributed by atoms with Crippen LogP contribution in [-0.2, 0) is 16.0 Å². The number of carbonyl (C=O) groups is 2. The van der Waals surface area contributed by atoms with Crippen LogP contribution >= 0.6 is 11.6 Å². The van der Waals surface area contributed by atoms with Gasteiger partial charge in [0.25, 0.3) is 0 Å². The minimum Gasteiger partial charge on any atom is -0.486 e. The maximum Gasteiger partial charge on any atom is 0.238 e. The molecule has 0 bridgehead atoms. The summed E-state index contributed by atoms with van der Waals surface area (Å²) in [5.41, 5.74) is 1.77. The van der Waals surface area contributed by atoms with Crippen LogP contribution in [-0.4, -0.2) is 67.6 Å². The Morgan fingerprint density at radius 1 is 0.969 bits per heavy atom. The normalized spacial score (nSPS) is 16.0. The lowest BCUT2D eigenvalue weighted by molar-refractivity contribution is -0.133. The van der Waals surface area contributed by atoms with Crippen molar-refractivity contribution in [1.29, 1.82) is 0 Å². The molecule has 2 heterocycles. The Bertz CT molecular complexity index is 946. The van der Waals surface area contributed by atoms with Gasteiger partial charge < -0.3 is 19.7 Å². The van der Waals surface area contributed by atoms with Gasteiger partial charge in [-0.15, -0.1) is 0 Å². The Hall–Kier alpha value is -2.77. The van der Waals surface area contributed by atoms with Crippen LogP contribution in [0.4, 0.5) is 5.69 Å². The van der Waals surface area contributed by atoms with E-state index in [9.17, 15) is 9.59 Å². The second-order valence-electron chi connectivity index (χ2n) is 8.02. The van der Waals surface area contributed by atoms with Gasteiger partial charge in [0.05, 0.1) is 17.3 Å². The zero-order chi connectivity index (χ0) is 22.3. The first-order chi connectivity index (χ1) is 15.6. The number of nitrogens with zero attached hydrogens (tertiary/aromatic N) is 2. The van der Waals surface area contributed by atoms with Crippen molar-refractivity contribution in [3.05, 3.63) is 53.1 Å². The van der Waals surface area contributed by atoms with E-state index in [1.165, 1.54) is 5.56 Å². The quantitative estimate of drug-likeness (QED) is 0.691. The summed E-state index contributed by atoms with van der Waals surface area (Å²) in [5.74, 6) is 1.21. The van der Waals surface area contributed by atoms with Crippen molar-refractivity contribution in [2.45, 2.75) is 19.3 Å². The van der Waals surface area contributed by atoms with Gasteiger partial charge in [0.15, 0.2) is 11.5 Å². The number of ether oxygens (including phenoxy) is 2. The number of amides is 2. The highest BCUT2D eigenvalue weighted by molar-refractivity contribution is 6.34. The van der Waals surface area contributed by atoms with Crippen LogP contribution in [0.5, 0.6) is 11.5 Å². The maximum absolute atomic E-state index is 12.5. The van der Waals surface area contributed by atoms with Gasteiger partial charge in [-0.05, 0) is 18.4 Å². The predicted octanol–water partition coefficient (Wildman–Crippen LogP) is 3.22. The monoisotopic (exact) mass is 457 g/mol. The van der Waals surface area contributed by atoms with Gasteiger partial charge in [-0.25, -0.2) is 0 Å². The fraction of sp³-hybridized carbons (Fsp3) is 0.417. The third kappa shape index (κ3) is 5.93. The maximum atomic E-state index is 12.5. The molecule has 8 heteroatoms. The lowest BCUT2D eigenvalue weighted by Gasteiger charge is -2.34. The average molecular weight is 458 g/mol. The first-order valence-corrected chi connectivity index (χ1v) is 11.4. The predicted molar refractivity (Wildman–Crippen MR) is 123 cm³/mol. The highest BCUT2D eigenvalue weighted by Gasteiger charge is 2.23. The molecule has 0 radical (unpaired) electrons. The second-order valence-corrected chi connectivity index (χ2v) is 8.43. The third-order valence-corrected chi connectivity index (χ3v) is 6.01. The molecule has 2 aliphatic heterocycles. The van der Waals surface area contributed by atoms with Crippen molar-refractivity contribution in [2.24, 2.45) is 0 Å². The summed E-state index contributed by atoms with van der Waals surface area (Å²) < 4.78 is 11.1. The summed E-state index contributed by atoms with van der Waals surface area (Å²) in [4.78, 5) is 29.0. The van der Waals surface area contributed by atoms with Gasteiger partial charge in [-0.2, -0.15) is 0 Å². The first kappa shape index (κ1) is 22.4. The molecule has 0 atom stereocenters. The Morgan fingerprint density at radius 3 is 2.38 bits per heavy atom. The Morgan fingerprint density at radius 2 is 1.66 bits per heavy atom. The molecule has 0 aliphatic carbocycles. The smallest absolute Gasteiger partial charge is 0.238 e. The summed E-state index contributed by atoms with van der Waals surface area (Å²) in [5, 5.41) is 3.27. The molecule has 170 valence electrons. The van der Waals surface area contributed by atoms with Gasteiger partial charge in [0, 0.05) is 44.7 Å². The largest absolute Gasteiger partial charge is 0.486 e. The topological polar surface area (TPSA) is 71.1 Å². The van der Waals surface area contributed by atoms with E-state index >= 15 is 0 Å². The van der Waals surface area contributed by atoms with Crippen LogP contribution in [0.15, 0.2) is 42.5 Å². The van der Waals surface area contributed by atoms with Crippen LogP contribution in [0.3, 0.4) is 0 Å². The van der Waals surface area contributed by atoms with Crippen LogP contribution in [0.2, 0.25) is 5.02 Å². The summed E-state index contributed by atoms with van der Waals surface area (Å²) in [6.45, 7) is 3.83. The van der Waals surface area contributed by atoms with Gasteiger partial charge in [-0.1, -0.05) is 41.9 Å². The molecule has 2 aromatic rings. The number of piperazine rings is 1. The number of fused-ring (bicyclic) bond motifs is 1. The minimum absolute atomic E-state index is 0.147. The molecule has 1 fully saturated rings. The van der Waals surface area contributed by atoms with Crippen molar-refractivity contribution in [2.75, 3.05) is 51.3 Å². The van der Waals surface area contributed by atoms with E-state index < -0.39 is 0 Å². The van der Waals surface area contributed by atoms with Crippen molar-refractivity contribution in [3.8, 4) is 11.5 Å². The van der Waals surface area contributed by atoms with E-state index in [-0.39, 0.29) is 18.4 Å². The molecular weight excluding hydrogens is 430 g/mol. The van der Waals surface area contributed by atoms with E-state index in [0.717, 1.165) is 12.8 Å². The molecule has 0 spiro atoms. The number of aryl methyl sites for hydroxylation is 1. The lowest BCUT2D eigenvalue weighted by atomic mass is 10.1. The van der Waals surface area contributed by atoms with Crippen LogP contribution < -0.4 is 14.8 Å². The highest BCUT2D eigenvalue weighted by Crippen LogP contribution is 2.37. The standard InChI is InChI=1S/C24H28ClN3O4/c25-19-15-21-22(32-14-13-31-21)16-20(19)26-23(29)17-27-9-11-28(12-10-27)24(30)8-4-7-18-5-2-1-3-6-18/h1-3,5-6,15-16H,4,7-14,17H2,(H,26,29). The molecule has 0 saturated carbocycles. The third-order valence-electron chi connectivity index (χ3n) is 5.70. The van der Waals surface area contributed by atoms with Gasteiger partial charge in [-0.3, -0.25) is 14.5 Å². The summed E-state index contributed by atoms with van der Waals surface area (Å²) in [6.07, 6.45) is 2.31. The van der Waals surface area contributed by atoms with Crippen molar-refractivity contribution >= 4 is 29.1 Å². The minimum atomic E-state index is -0.147. The molecule has 1 N–H and O–H groups in total. The van der Waals surface area contributed by atoms with Crippen LogP contribution in [0, 0.1) is 0 Å². The Kier molecular flexibility index (Phi) is 7.50. The number of rotatable bonds is 7. The fourth-order valence-electron chi connectivity index (χ4n) is 3.95. The van der Waals surface area contributed by atoms with Gasteiger partial charge in [0.2, 0.25) is 11.8 Å². The number of halogens is 1. The Balaban J connectivity index is 1.19. The van der Waals surface area contributed by atoms with E-state index in [1.54, 1.807) is 12.1 Å². The molecule has 1 saturated heterocycles. The first-order valence-electron chi connectivity index (χ1n) is 11.0. The molecular formula is C24H28ClN3O4. The number of hydrogen-bond donors (Lipinski definition) is 1. The number of nitrogens with one attached hydrogen (secondary N) is 1. The summed E-state index contributed by atoms with van der Waals surface area (Å²) >= 11 is 6.27. The average Bonchev–Trinajstić information content (AvgIpc) is 2.80. The fourth-order valence-corrected chi connectivity index (χ4v) is 4.16. The highest BCUT2D eigenvalue weighted by atomic mass is 35.5. The number of hydrogen-bond acceptors (Lipinski definition) is 5. The number of anilines is 1. The molecule has 7 nitrogen and oxygen atoms in total. The van der Waals surface area contributed by atoms with E-state index in [0.29, 0.717) is 68.0 Å². The molecule has 32 heavy (non-hydrogen) atoms. The van der Waals surface area contributed by atoms with Gasteiger partial charge >= 0.3 is 0 Å². The van der Waals surface area contributed by atoms with Crippen LogP contribution in [0.25, 0.3) is 0 Å². The van der Waals surface area contributed by atoms with Gasteiger partial charge in [0.1, 0.15) is 13.2 Å². The number of benzene rings is 2. The van der Waals surface area contributed by atoms with Crippen LogP contribution in [0.1, 0.15) is 18.4 Å². The molecule has 0 unspecified atom stereocenters. The Labute approximate surface area is 193 Å². The van der Waals surface area contributed by atoms with Crippen molar-refractivity contribution in [3.63, 3.8) is 0 Å². The summed E-state index contributed by atoms with van der Waals surface area (Å²) in [6, 6.07) is 13.6. The van der Waals surface area contributed by atoms with Crippen molar-refractivity contribution < 1.29 is 19.1 Å². The molecule has 2 aliphatic rings. The van der Waals surface area contributed by atoms with E-state index in [1.807, 2.05) is 23.1 Å². The molecule has 2 aromatic carbocycles.